The molecule has 82 valence electrons. The number of benzene rings is 1. The summed E-state index contributed by atoms with van der Waals surface area (Å²) in [5, 5.41) is 0. The van der Waals surface area contributed by atoms with E-state index in [0.29, 0.717) is 0 Å². The van der Waals surface area contributed by atoms with Gasteiger partial charge in [-0.15, -0.1) is 0 Å². The van der Waals surface area contributed by atoms with Crippen LogP contribution in [0.5, 0.6) is 0 Å². The quantitative estimate of drug-likeness (QED) is 0.591. The Hall–Kier alpha value is -0.930. The van der Waals surface area contributed by atoms with E-state index in [-0.39, 0.29) is 17.3 Å². The minimum Gasteiger partial charge on any atom is -0.271 e. The van der Waals surface area contributed by atoms with Gasteiger partial charge in [0.15, 0.2) is 0 Å². The second kappa shape index (κ2) is 3.58. The van der Waals surface area contributed by atoms with Gasteiger partial charge in [-0.3, -0.25) is 11.3 Å². The summed E-state index contributed by atoms with van der Waals surface area (Å²) in [5.74, 6) is 5.41. The van der Waals surface area contributed by atoms with Gasteiger partial charge in [0.2, 0.25) is 0 Å². The average Bonchev–Trinajstić information content (AvgIpc) is 2.90. The van der Waals surface area contributed by atoms with Crippen LogP contribution in [0.4, 0.5) is 4.39 Å². The van der Waals surface area contributed by atoms with Crippen LogP contribution < -0.4 is 11.3 Å². The van der Waals surface area contributed by atoms with Crippen LogP contribution in [0.25, 0.3) is 0 Å². The molecule has 1 unspecified atom stereocenters. The second-order valence-electron chi connectivity index (χ2n) is 4.75. The lowest BCUT2D eigenvalue weighted by Crippen LogP contribution is -2.34. The molecule has 1 aliphatic carbocycles. The summed E-state index contributed by atoms with van der Waals surface area (Å²) in [7, 11) is 0. The van der Waals surface area contributed by atoms with E-state index in [9.17, 15) is 4.39 Å². The predicted octanol–water partition coefficient (Wildman–Crippen LogP) is 2.44. The van der Waals surface area contributed by atoms with Crippen LogP contribution in [0.1, 0.15) is 36.9 Å². The molecule has 0 bridgehead atoms. The fraction of sp³-hybridized carbons (Fsp3) is 0.500. The van der Waals surface area contributed by atoms with Crippen LogP contribution in [0.15, 0.2) is 18.2 Å². The van der Waals surface area contributed by atoms with Gasteiger partial charge >= 0.3 is 0 Å². The third-order valence-corrected chi connectivity index (χ3v) is 3.45. The first-order valence-corrected chi connectivity index (χ1v) is 5.29. The van der Waals surface area contributed by atoms with Gasteiger partial charge in [-0.1, -0.05) is 13.0 Å². The lowest BCUT2D eigenvalue weighted by molar-refractivity contribution is 0.370. The van der Waals surface area contributed by atoms with E-state index in [0.717, 1.165) is 11.1 Å². The van der Waals surface area contributed by atoms with E-state index in [1.807, 2.05) is 13.0 Å². The van der Waals surface area contributed by atoms with Crippen LogP contribution in [0.2, 0.25) is 0 Å². The first-order valence-electron chi connectivity index (χ1n) is 5.29. The zero-order valence-corrected chi connectivity index (χ0v) is 9.18. The maximum Gasteiger partial charge on any atom is 0.123 e. The van der Waals surface area contributed by atoms with Gasteiger partial charge in [-0.2, -0.15) is 0 Å². The molecule has 1 aromatic carbocycles. The molecular weight excluding hydrogens is 191 g/mol. The van der Waals surface area contributed by atoms with Gasteiger partial charge < -0.3 is 0 Å². The summed E-state index contributed by atoms with van der Waals surface area (Å²) in [6.07, 6.45) is 2.36. The van der Waals surface area contributed by atoms with Crippen LogP contribution in [-0.2, 0) is 0 Å². The number of nitrogens with two attached hydrogens (primary N) is 1. The highest BCUT2D eigenvalue weighted by Crippen LogP contribution is 2.54. The Balaban J connectivity index is 2.34. The fourth-order valence-corrected chi connectivity index (χ4v) is 2.12. The maximum absolute atomic E-state index is 13.0. The standard InChI is InChI=1S/C12H17FN2/c1-8-7-9(13)3-4-10(8)11(15-14)12(2)5-6-12/h3-4,7,11,15H,5-6,14H2,1-2H3. The lowest BCUT2D eigenvalue weighted by Gasteiger charge is -2.24. The number of rotatable bonds is 3. The van der Waals surface area contributed by atoms with Gasteiger partial charge in [0.05, 0.1) is 6.04 Å². The van der Waals surface area contributed by atoms with Gasteiger partial charge in [0, 0.05) is 0 Å². The van der Waals surface area contributed by atoms with Gasteiger partial charge in [-0.25, -0.2) is 4.39 Å². The molecule has 0 saturated heterocycles. The molecule has 3 N–H and O–H groups in total. The summed E-state index contributed by atoms with van der Waals surface area (Å²) >= 11 is 0. The molecule has 2 rings (SSSR count). The first kappa shape index (κ1) is 10.6. The molecule has 0 spiro atoms. The summed E-state index contributed by atoms with van der Waals surface area (Å²) in [6, 6.07) is 5.03. The number of nitrogens with one attached hydrogen (secondary N) is 1. The zero-order chi connectivity index (χ0) is 11.1. The predicted molar refractivity (Wildman–Crippen MR) is 58.5 cm³/mol. The highest BCUT2D eigenvalue weighted by molar-refractivity contribution is 5.32. The van der Waals surface area contributed by atoms with Crippen molar-refractivity contribution in [2.75, 3.05) is 0 Å². The highest BCUT2D eigenvalue weighted by atomic mass is 19.1. The SMILES string of the molecule is Cc1cc(F)ccc1C(NN)C1(C)CC1. The molecule has 2 nitrogen and oxygen atoms in total. The van der Waals surface area contributed by atoms with E-state index < -0.39 is 0 Å². The van der Waals surface area contributed by atoms with Crippen molar-refractivity contribution in [2.24, 2.45) is 11.3 Å². The number of aryl methyl sites for hydroxylation is 1. The number of hydrogen-bond acceptors (Lipinski definition) is 2. The Morgan fingerprint density at radius 1 is 1.47 bits per heavy atom. The van der Waals surface area contributed by atoms with E-state index >= 15 is 0 Å². The molecule has 0 amide bonds. The number of hydrogen-bond donors (Lipinski definition) is 2. The molecular formula is C12H17FN2. The third-order valence-electron chi connectivity index (χ3n) is 3.45. The third kappa shape index (κ3) is 1.90. The normalized spacial score (nSPS) is 20.0. The number of hydrazine groups is 1. The lowest BCUT2D eigenvalue weighted by atomic mass is 9.89. The minimum absolute atomic E-state index is 0.137. The smallest absolute Gasteiger partial charge is 0.123 e. The van der Waals surface area contributed by atoms with Gasteiger partial charge in [0.25, 0.3) is 0 Å². The first-order chi connectivity index (χ1) is 7.07. The van der Waals surface area contributed by atoms with Crippen molar-refractivity contribution in [3.63, 3.8) is 0 Å². The topological polar surface area (TPSA) is 38.0 Å². The molecule has 1 aliphatic rings. The Kier molecular flexibility index (Phi) is 2.52. The van der Waals surface area contributed by atoms with Crippen molar-refractivity contribution >= 4 is 0 Å². The summed E-state index contributed by atoms with van der Waals surface area (Å²) in [5.41, 5.74) is 5.18. The van der Waals surface area contributed by atoms with Crippen molar-refractivity contribution in [1.29, 1.82) is 0 Å². The molecule has 3 heteroatoms. The Morgan fingerprint density at radius 2 is 2.13 bits per heavy atom. The molecule has 15 heavy (non-hydrogen) atoms. The summed E-state index contributed by atoms with van der Waals surface area (Å²) in [4.78, 5) is 0. The summed E-state index contributed by atoms with van der Waals surface area (Å²) in [6.45, 7) is 4.13. The van der Waals surface area contributed by atoms with Crippen molar-refractivity contribution in [2.45, 2.75) is 32.7 Å². The van der Waals surface area contributed by atoms with Crippen LogP contribution >= 0.6 is 0 Å². The minimum atomic E-state index is -0.187. The van der Waals surface area contributed by atoms with E-state index in [1.165, 1.54) is 18.9 Å². The molecule has 1 fully saturated rings. The zero-order valence-electron chi connectivity index (χ0n) is 9.18. The summed E-state index contributed by atoms with van der Waals surface area (Å²) < 4.78 is 13.0. The van der Waals surface area contributed by atoms with E-state index in [4.69, 9.17) is 5.84 Å². The second-order valence-corrected chi connectivity index (χ2v) is 4.75. The largest absolute Gasteiger partial charge is 0.271 e. The van der Waals surface area contributed by atoms with E-state index in [1.54, 1.807) is 6.07 Å². The fourth-order valence-electron chi connectivity index (χ4n) is 2.12. The van der Waals surface area contributed by atoms with Gasteiger partial charge in [-0.05, 0) is 48.4 Å². The van der Waals surface area contributed by atoms with E-state index in [2.05, 4.69) is 12.3 Å². The highest BCUT2D eigenvalue weighted by Gasteiger charge is 2.45. The molecule has 0 aliphatic heterocycles. The average molecular weight is 208 g/mol. The van der Waals surface area contributed by atoms with Crippen molar-refractivity contribution < 1.29 is 4.39 Å². The molecule has 0 heterocycles. The molecule has 1 saturated carbocycles. The molecule has 0 aromatic heterocycles. The Labute approximate surface area is 89.6 Å². The van der Waals surface area contributed by atoms with Crippen molar-refractivity contribution in [3.8, 4) is 0 Å². The number of halogens is 1. The maximum atomic E-state index is 13.0. The van der Waals surface area contributed by atoms with Gasteiger partial charge in [0.1, 0.15) is 5.82 Å². The molecule has 0 radical (unpaired) electrons. The Bertz CT molecular complexity index is 372. The van der Waals surface area contributed by atoms with Crippen LogP contribution in [-0.4, -0.2) is 0 Å². The van der Waals surface area contributed by atoms with Crippen molar-refractivity contribution in [1.82, 2.24) is 5.43 Å². The Morgan fingerprint density at radius 3 is 2.60 bits per heavy atom. The van der Waals surface area contributed by atoms with Crippen LogP contribution in [0, 0.1) is 18.2 Å². The molecule has 1 aromatic rings. The van der Waals surface area contributed by atoms with Crippen LogP contribution in [0.3, 0.4) is 0 Å². The monoisotopic (exact) mass is 208 g/mol. The molecule has 1 atom stereocenters. The van der Waals surface area contributed by atoms with Crippen molar-refractivity contribution in [3.05, 3.63) is 35.1 Å².